The lowest BCUT2D eigenvalue weighted by molar-refractivity contribution is -0.192. The van der Waals surface area contributed by atoms with E-state index in [4.69, 9.17) is 10.2 Å². The van der Waals surface area contributed by atoms with Crippen molar-refractivity contribution in [1.29, 1.82) is 0 Å². The lowest BCUT2D eigenvalue weighted by atomic mass is 10.3. The van der Waals surface area contributed by atoms with Gasteiger partial charge in [-0.2, -0.15) is 0 Å². The first-order chi connectivity index (χ1) is 4.45. The molecule has 58 valence electrons. The topological polar surface area (TPSA) is 110 Å². The van der Waals surface area contributed by atoms with E-state index < -0.39 is 17.7 Å². The average molecular weight is 167 g/mol. The summed E-state index contributed by atoms with van der Waals surface area (Å²) < 4.78 is 3.64. The van der Waals surface area contributed by atoms with Gasteiger partial charge in [-0.3, -0.25) is 8.98 Å². The molecule has 0 aliphatic heterocycles. The number of hydrogen-bond donors (Lipinski definition) is 4. The van der Waals surface area contributed by atoms with Crippen molar-refractivity contribution in [1.82, 2.24) is 0 Å². The number of carboxylic acid groups (broad SMARTS) is 1. The first kappa shape index (κ1) is 9.21. The predicted molar refractivity (Wildman–Crippen MR) is 31.9 cm³/mol. The van der Waals surface area contributed by atoms with Crippen LogP contribution in [-0.4, -0.2) is 27.9 Å². The van der Waals surface area contributed by atoms with Gasteiger partial charge < -0.3 is 15.9 Å². The Kier molecular flexibility index (Phi) is 2.64. The van der Waals surface area contributed by atoms with E-state index in [1.165, 1.54) is 0 Å². The standard InChI is InChI=1S/C3H5NO5S/c4-1(5)3(8,9-10)2(6)7/h8,10H,(H2,4,5)(H,6,7). The number of carboxylic acids is 1. The molecule has 0 rings (SSSR count). The molecule has 0 aromatic carbocycles. The summed E-state index contributed by atoms with van der Waals surface area (Å²) >= 11 is 2.95. The highest BCUT2D eigenvalue weighted by Gasteiger charge is 2.44. The molecule has 0 aliphatic carbocycles. The molecule has 10 heavy (non-hydrogen) atoms. The monoisotopic (exact) mass is 167 g/mol. The van der Waals surface area contributed by atoms with Crippen molar-refractivity contribution in [3.63, 3.8) is 0 Å². The van der Waals surface area contributed by atoms with E-state index in [0.29, 0.717) is 0 Å². The summed E-state index contributed by atoms with van der Waals surface area (Å²) in [4.78, 5) is 20.1. The van der Waals surface area contributed by atoms with Gasteiger partial charge in [-0.1, -0.05) is 0 Å². The Balaban J connectivity index is 4.55. The van der Waals surface area contributed by atoms with Crippen molar-refractivity contribution >= 4 is 24.8 Å². The van der Waals surface area contributed by atoms with Crippen LogP contribution in [0.5, 0.6) is 0 Å². The quantitative estimate of drug-likeness (QED) is 0.170. The van der Waals surface area contributed by atoms with Gasteiger partial charge in [-0.25, -0.2) is 4.79 Å². The molecule has 6 nitrogen and oxygen atoms in total. The fourth-order valence-corrected chi connectivity index (χ4v) is 0.357. The second-order valence-electron chi connectivity index (χ2n) is 1.40. The summed E-state index contributed by atoms with van der Waals surface area (Å²) in [5.41, 5.74) is 4.44. The van der Waals surface area contributed by atoms with Crippen molar-refractivity contribution in [2.24, 2.45) is 5.73 Å². The third-order valence-electron chi connectivity index (χ3n) is 0.756. The summed E-state index contributed by atoms with van der Waals surface area (Å²) in [6.45, 7) is 0. The summed E-state index contributed by atoms with van der Waals surface area (Å²) in [6.07, 6.45) is 0. The van der Waals surface area contributed by atoms with Crippen molar-refractivity contribution in [3.8, 4) is 0 Å². The van der Waals surface area contributed by atoms with Crippen LogP contribution in [0.4, 0.5) is 0 Å². The van der Waals surface area contributed by atoms with E-state index in [2.05, 4.69) is 22.8 Å². The molecular weight excluding hydrogens is 162 g/mol. The first-order valence-electron chi connectivity index (χ1n) is 2.03. The van der Waals surface area contributed by atoms with E-state index >= 15 is 0 Å². The Hall–Kier alpha value is -0.790. The maximum Gasteiger partial charge on any atom is 0.375 e. The minimum Gasteiger partial charge on any atom is -0.477 e. The molecule has 0 spiro atoms. The van der Waals surface area contributed by atoms with Gasteiger partial charge in [0.15, 0.2) is 0 Å². The lowest BCUT2D eigenvalue weighted by Crippen LogP contribution is -2.51. The minimum atomic E-state index is -3.04. The molecule has 0 heterocycles. The van der Waals surface area contributed by atoms with Gasteiger partial charge >= 0.3 is 11.8 Å². The molecule has 0 aromatic heterocycles. The molecule has 7 heteroatoms. The molecule has 0 fully saturated rings. The second kappa shape index (κ2) is 2.86. The van der Waals surface area contributed by atoms with Crippen LogP contribution in [0.15, 0.2) is 0 Å². The predicted octanol–water partition coefficient (Wildman–Crippen LogP) is -1.89. The molecule has 4 N–H and O–H groups in total. The van der Waals surface area contributed by atoms with Gasteiger partial charge in [-0.05, 0) is 12.9 Å². The zero-order valence-corrected chi connectivity index (χ0v) is 5.54. The molecule has 1 atom stereocenters. The molecule has 1 unspecified atom stereocenters. The van der Waals surface area contributed by atoms with E-state index in [0.717, 1.165) is 0 Å². The number of hydrogen-bond acceptors (Lipinski definition) is 5. The number of carbonyl (C=O) groups excluding carboxylic acids is 1. The third-order valence-corrected chi connectivity index (χ3v) is 1.02. The van der Waals surface area contributed by atoms with E-state index in [1.807, 2.05) is 0 Å². The summed E-state index contributed by atoms with van der Waals surface area (Å²) in [7, 11) is 0. The molecule has 0 aromatic rings. The highest BCUT2D eigenvalue weighted by atomic mass is 32.1. The summed E-state index contributed by atoms with van der Waals surface area (Å²) in [5.74, 6) is -6.48. The number of carbonyl (C=O) groups is 2. The van der Waals surface area contributed by atoms with E-state index in [9.17, 15) is 9.59 Å². The lowest BCUT2D eigenvalue weighted by Gasteiger charge is -2.14. The largest absolute Gasteiger partial charge is 0.477 e. The van der Waals surface area contributed by atoms with Crippen molar-refractivity contribution in [3.05, 3.63) is 0 Å². The minimum absolute atomic E-state index is 1.53. The zero-order valence-electron chi connectivity index (χ0n) is 4.64. The number of aliphatic carboxylic acids is 1. The number of aliphatic hydroxyl groups is 1. The number of amides is 1. The first-order valence-corrected chi connectivity index (χ1v) is 2.40. The second-order valence-corrected chi connectivity index (χ2v) is 1.59. The molecule has 0 aliphatic rings. The molecule has 0 bridgehead atoms. The van der Waals surface area contributed by atoms with E-state index in [-0.39, 0.29) is 0 Å². The van der Waals surface area contributed by atoms with Crippen LogP contribution in [0.1, 0.15) is 0 Å². The van der Waals surface area contributed by atoms with Gasteiger partial charge in [-0.15, -0.1) is 0 Å². The third kappa shape index (κ3) is 1.38. The number of primary amides is 1. The Morgan fingerprint density at radius 3 is 2.00 bits per heavy atom. The Labute approximate surface area is 61.2 Å². The van der Waals surface area contributed by atoms with Crippen molar-refractivity contribution in [2.45, 2.75) is 5.79 Å². The molecule has 0 radical (unpaired) electrons. The zero-order chi connectivity index (χ0) is 8.36. The highest BCUT2D eigenvalue weighted by Crippen LogP contribution is 2.07. The van der Waals surface area contributed by atoms with E-state index in [1.54, 1.807) is 0 Å². The maximum atomic E-state index is 10.1. The molecular formula is C3H5NO5S. The average Bonchev–Trinajstić information content (AvgIpc) is 1.85. The number of nitrogens with two attached hydrogens (primary N) is 1. The van der Waals surface area contributed by atoms with Crippen LogP contribution < -0.4 is 5.73 Å². The van der Waals surface area contributed by atoms with Crippen molar-refractivity contribution in [2.75, 3.05) is 0 Å². The molecule has 0 saturated carbocycles. The SMILES string of the molecule is NC(=O)C(O)(OS)C(=O)O. The van der Waals surface area contributed by atoms with Crippen LogP contribution in [0.3, 0.4) is 0 Å². The van der Waals surface area contributed by atoms with Crippen molar-refractivity contribution < 1.29 is 24.0 Å². The van der Waals surface area contributed by atoms with Gasteiger partial charge in [0.25, 0.3) is 5.91 Å². The normalized spacial score (nSPS) is 15.8. The Morgan fingerprint density at radius 1 is 1.60 bits per heavy atom. The Morgan fingerprint density at radius 2 is 2.00 bits per heavy atom. The molecule has 0 saturated heterocycles. The van der Waals surface area contributed by atoms with Gasteiger partial charge in [0.05, 0.1) is 0 Å². The fraction of sp³-hybridized carbons (Fsp3) is 0.333. The van der Waals surface area contributed by atoms with Crippen LogP contribution in [-0.2, 0) is 13.8 Å². The fourth-order valence-electron chi connectivity index (χ4n) is 0.189. The van der Waals surface area contributed by atoms with Crippen LogP contribution in [0.25, 0.3) is 0 Å². The Bertz CT molecular complexity index is 154. The smallest absolute Gasteiger partial charge is 0.375 e. The highest BCUT2D eigenvalue weighted by molar-refractivity contribution is 7.75. The summed E-state index contributed by atoms with van der Waals surface area (Å²) in [5, 5.41) is 16.7. The van der Waals surface area contributed by atoms with Gasteiger partial charge in [0.1, 0.15) is 0 Å². The number of thiol groups is 1. The van der Waals surface area contributed by atoms with Gasteiger partial charge in [0, 0.05) is 0 Å². The van der Waals surface area contributed by atoms with Crippen LogP contribution >= 0.6 is 12.9 Å². The molecule has 1 amide bonds. The maximum absolute atomic E-state index is 10.1. The van der Waals surface area contributed by atoms with Crippen LogP contribution in [0.2, 0.25) is 0 Å². The number of rotatable bonds is 3. The summed E-state index contributed by atoms with van der Waals surface area (Å²) in [6, 6.07) is 0. The van der Waals surface area contributed by atoms with Gasteiger partial charge in [0.2, 0.25) is 0 Å². The van der Waals surface area contributed by atoms with Crippen LogP contribution in [0, 0.1) is 0 Å².